The number of alkyl halides is 3. The number of benzene rings is 1. The third kappa shape index (κ3) is 3.28. The summed E-state index contributed by atoms with van der Waals surface area (Å²) in [5.41, 5.74) is 0.111. The molecule has 2 nitrogen and oxygen atoms in total. The van der Waals surface area contributed by atoms with E-state index in [0.717, 1.165) is 24.1 Å². The van der Waals surface area contributed by atoms with Gasteiger partial charge in [-0.3, -0.25) is 0 Å². The van der Waals surface area contributed by atoms with Gasteiger partial charge in [-0.05, 0) is 31.0 Å². The van der Waals surface area contributed by atoms with Crippen molar-refractivity contribution in [1.82, 2.24) is 5.32 Å². The minimum absolute atomic E-state index is 0.0393. The average molecular weight is 273 g/mol. The number of hydrogen-bond acceptors (Lipinski definition) is 2. The summed E-state index contributed by atoms with van der Waals surface area (Å²) in [5.74, 6) is 0. The zero-order valence-corrected chi connectivity index (χ0v) is 11.1. The molecule has 1 aromatic carbocycles. The second-order valence-electron chi connectivity index (χ2n) is 5.21. The minimum atomic E-state index is -4.29. The Bertz CT molecular complexity index is 419. The van der Waals surface area contributed by atoms with Crippen LogP contribution in [0, 0.1) is 0 Å². The fourth-order valence-corrected chi connectivity index (χ4v) is 2.06. The Balaban J connectivity index is 2.04. The fourth-order valence-electron chi connectivity index (χ4n) is 2.06. The largest absolute Gasteiger partial charge is 0.416 e. The molecule has 0 bridgehead atoms. The molecule has 1 aliphatic heterocycles. The summed E-state index contributed by atoms with van der Waals surface area (Å²) in [6.07, 6.45) is -3.51. The Kier molecular flexibility index (Phi) is 3.87. The molecular weight excluding hydrogens is 255 g/mol. The molecule has 0 radical (unpaired) electrons. The minimum Gasteiger partial charge on any atom is -0.370 e. The lowest BCUT2D eigenvalue weighted by molar-refractivity contribution is -0.137. The lowest BCUT2D eigenvalue weighted by atomic mass is 9.96. The van der Waals surface area contributed by atoms with Crippen molar-refractivity contribution in [2.45, 2.75) is 38.1 Å². The van der Waals surface area contributed by atoms with Gasteiger partial charge in [0, 0.05) is 12.1 Å². The van der Waals surface area contributed by atoms with Crippen LogP contribution in [0.15, 0.2) is 24.3 Å². The van der Waals surface area contributed by atoms with E-state index in [4.69, 9.17) is 4.74 Å². The van der Waals surface area contributed by atoms with Crippen molar-refractivity contribution in [2.24, 2.45) is 0 Å². The van der Waals surface area contributed by atoms with Crippen LogP contribution in [0.1, 0.15) is 37.5 Å². The molecule has 0 amide bonds. The Morgan fingerprint density at radius 2 is 1.95 bits per heavy atom. The van der Waals surface area contributed by atoms with Gasteiger partial charge in [0.05, 0.1) is 18.3 Å². The summed E-state index contributed by atoms with van der Waals surface area (Å²) in [4.78, 5) is 0. The second-order valence-corrected chi connectivity index (χ2v) is 5.21. The van der Waals surface area contributed by atoms with Crippen LogP contribution in [0.25, 0.3) is 0 Å². The average Bonchev–Trinajstić information content (AvgIpc) is 2.39. The van der Waals surface area contributed by atoms with Gasteiger partial charge in [-0.2, -0.15) is 13.2 Å². The van der Waals surface area contributed by atoms with E-state index in [9.17, 15) is 13.2 Å². The molecule has 0 saturated carbocycles. The molecule has 2 rings (SSSR count). The van der Waals surface area contributed by atoms with Crippen LogP contribution in [0.5, 0.6) is 0 Å². The maximum atomic E-state index is 12.5. The van der Waals surface area contributed by atoms with Crippen molar-refractivity contribution in [2.75, 3.05) is 13.2 Å². The number of halogens is 3. The van der Waals surface area contributed by atoms with E-state index < -0.39 is 11.7 Å². The summed E-state index contributed by atoms with van der Waals surface area (Å²) in [6, 6.07) is 5.19. The number of morpholine rings is 1. The van der Waals surface area contributed by atoms with Crippen LogP contribution >= 0.6 is 0 Å². The van der Waals surface area contributed by atoms with Crippen LogP contribution in [-0.4, -0.2) is 18.7 Å². The Hall–Kier alpha value is -1.07. The maximum Gasteiger partial charge on any atom is 0.416 e. The molecule has 2 unspecified atom stereocenters. The van der Waals surface area contributed by atoms with Gasteiger partial charge in [-0.1, -0.05) is 19.1 Å². The highest BCUT2D eigenvalue weighted by molar-refractivity contribution is 5.26. The predicted octanol–water partition coefficient (Wildman–Crippen LogP) is 3.54. The lowest BCUT2D eigenvalue weighted by Crippen LogP contribution is -2.52. The molecule has 1 N–H and O–H groups in total. The van der Waals surface area contributed by atoms with Gasteiger partial charge in [0.15, 0.2) is 0 Å². The van der Waals surface area contributed by atoms with E-state index >= 15 is 0 Å². The third-order valence-electron chi connectivity index (χ3n) is 3.71. The number of nitrogens with one attached hydrogen (secondary N) is 1. The van der Waals surface area contributed by atoms with Crippen molar-refractivity contribution in [3.8, 4) is 0 Å². The number of rotatable bonds is 2. The normalized spacial score (nSPS) is 28.4. The van der Waals surface area contributed by atoms with Gasteiger partial charge in [-0.25, -0.2) is 0 Å². The first-order valence-electron chi connectivity index (χ1n) is 6.38. The molecule has 5 heteroatoms. The Labute approximate surface area is 111 Å². The van der Waals surface area contributed by atoms with Crippen molar-refractivity contribution in [1.29, 1.82) is 0 Å². The number of ether oxygens (including phenoxy) is 1. The Morgan fingerprint density at radius 3 is 2.37 bits per heavy atom. The standard InChI is InChI=1S/C14H18F3NO/c1-3-13(2)9-19-12(8-18-13)10-4-6-11(7-5-10)14(15,16)17/h4-7,12,18H,3,8-9H2,1-2H3. The monoisotopic (exact) mass is 273 g/mol. The third-order valence-corrected chi connectivity index (χ3v) is 3.71. The molecule has 0 aromatic heterocycles. The second kappa shape index (κ2) is 5.13. The molecule has 1 heterocycles. The van der Waals surface area contributed by atoms with E-state index in [1.807, 2.05) is 0 Å². The molecule has 19 heavy (non-hydrogen) atoms. The van der Waals surface area contributed by atoms with E-state index in [1.165, 1.54) is 12.1 Å². The van der Waals surface area contributed by atoms with E-state index in [0.29, 0.717) is 13.2 Å². The molecule has 1 aromatic rings. The quantitative estimate of drug-likeness (QED) is 0.890. The van der Waals surface area contributed by atoms with Gasteiger partial charge < -0.3 is 10.1 Å². The van der Waals surface area contributed by atoms with E-state index in [2.05, 4.69) is 19.2 Å². The predicted molar refractivity (Wildman–Crippen MR) is 66.8 cm³/mol. The van der Waals surface area contributed by atoms with Gasteiger partial charge in [0.25, 0.3) is 0 Å². The molecule has 1 aliphatic rings. The number of hydrogen-bond donors (Lipinski definition) is 1. The fraction of sp³-hybridized carbons (Fsp3) is 0.571. The maximum absolute atomic E-state index is 12.5. The smallest absolute Gasteiger partial charge is 0.370 e. The van der Waals surface area contributed by atoms with Crippen LogP contribution in [0.4, 0.5) is 13.2 Å². The summed E-state index contributed by atoms with van der Waals surface area (Å²) in [6.45, 7) is 5.34. The van der Waals surface area contributed by atoms with Crippen LogP contribution in [0.3, 0.4) is 0 Å². The molecule has 0 spiro atoms. The molecular formula is C14H18F3NO. The topological polar surface area (TPSA) is 21.3 Å². The van der Waals surface area contributed by atoms with Gasteiger partial charge >= 0.3 is 6.18 Å². The molecule has 1 fully saturated rings. The highest BCUT2D eigenvalue weighted by Gasteiger charge is 2.32. The zero-order chi connectivity index (χ0) is 14.1. The summed E-state index contributed by atoms with van der Waals surface area (Å²) in [5, 5.41) is 3.39. The summed E-state index contributed by atoms with van der Waals surface area (Å²) < 4.78 is 43.1. The van der Waals surface area contributed by atoms with Crippen molar-refractivity contribution in [3.05, 3.63) is 35.4 Å². The van der Waals surface area contributed by atoms with E-state index in [-0.39, 0.29) is 11.6 Å². The van der Waals surface area contributed by atoms with Crippen LogP contribution in [-0.2, 0) is 10.9 Å². The van der Waals surface area contributed by atoms with Crippen LogP contribution < -0.4 is 5.32 Å². The molecule has 1 saturated heterocycles. The molecule has 0 aliphatic carbocycles. The van der Waals surface area contributed by atoms with E-state index in [1.54, 1.807) is 0 Å². The van der Waals surface area contributed by atoms with Crippen molar-refractivity contribution in [3.63, 3.8) is 0 Å². The first kappa shape index (κ1) is 14.3. The highest BCUT2D eigenvalue weighted by atomic mass is 19.4. The lowest BCUT2D eigenvalue weighted by Gasteiger charge is -2.38. The first-order chi connectivity index (χ1) is 8.84. The zero-order valence-electron chi connectivity index (χ0n) is 11.1. The van der Waals surface area contributed by atoms with Gasteiger partial charge in [0.2, 0.25) is 0 Å². The first-order valence-corrected chi connectivity index (χ1v) is 6.38. The van der Waals surface area contributed by atoms with Crippen molar-refractivity contribution >= 4 is 0 Å². The highest BCUT2D eigenvalue weighted by Crippen LogP contribution is 2.31. The molecule has 2 atom stereocenters. The van der Waals surface area contributed by atoms with Gasteiger partial charge in [-0.15, -0.1) is 0 Å². The molecule has 106 valence electrons. The van der Waals surface area contributed by atoms with Crippen molar-refractivity contribution < 1.29 is 17.9 Å². The summed E-state index contributed by atoms with van der Waals surface area (Å²) >= 11 is 0. The van der Waals surface area contributed by atoms with Gasteiger partial charge in [0.1, 0.15) is 0 Å². The Morgan fingerprint density at radius 1 is 1.32 bits per heavy atom. The SMILES string of the molecule is CCC1(C)COC(c2ccc(C(F)(F)F)cc2)CN1. The summed E-state index contributed by atoms with van der Waals surface area (Å²) in [7, 11) is 0. The van der Waals surface area contributed by atoms with Crippen LogP contribution in [0.2, 0.25) is 0 Å².